The van der Waals surface area contributed by atoms with Gasteiger partial charge in [-0.15, -0.1) is 0 Å². The third kappa shape index (κ3) is 5.69. The molecule has 43 heavy (non-hydrogen) atoms. The van der Waals surface area contributed by atoms with Crippen LogP contribution in [0.4, 0.5) is 20.4 Å². The van der Waals surface area contributed by atoms with Crippen LogP contribution in [0.2, 0.25) is 0 Å². The van der Waals surface area contributed by atoms with Crippen molar-refractivity contribution in [3.05, 3.63) is 70.8 Å². The third-order valence-electron chi connectivity index (χ3n) is 7.15. The fourth-order valence-electron chi connectivity index (χ4n) is 4.90. The molecule has 1 atom stereocenters. The van der Waals surface area contributed by atoms with Gasteiger partial charge in [-0.05, 0) is 36.8 Å². The Balaban J connectivity index is 1.30. The lowest BCUT2D eigenvalue weighted by Crippen LogP contribution is -2.44. The number of piperazine rings is 1. The zero-order valence-electron chi connectivity index (χ0n) is 22.6. The summed E-state index contributed by atoms with van der Waals surface area (Å²) in [4.78, 5) is 28.6. The molecule has 0 spiro atoms. The summed E-state index contributed by atoms with van der Waals surface area (Å²) in [5.74, 6) is -0.929. The van der Waals surface area contributed by atoms with E-state index in [4.69, 9.17) is 4.74 Å². The monoisotopic (exact) mass is 609 g/mol. The molecule has 0 radical (unpaired) electrons. The summed E-state index contributed by atoms with van der Waals surface area (Å²) in [6, 6.07) is 8.08. The number of fused-ring (bicyclic) bond motifs is 1. The molecular weight excluding hydrogens is 584 g/mol. The highest BCUT2D eigenvalue weighted by molar-refractivity contribution is 7.90. The van der Waals surface area contributed by atoms with Crippen LogP contribution in [0.3, 0.4) is 0 Å². The van der Waals surface area contributed by atoms with Crippen LogP contribution in [0.5, 0.6) is 11.5 Å². The molecule has 2 aliphatic heterocycles. The highest BCUT2D eigenvalue weighted by Crippen LogP contribution is 2.34. The Labute approximate surface area is 244 Å². The van der Waals surface area contributed by atoms with Gasteiger partial charge in [0.05, 0.1) is 34.7 Å². The van der Waals surface area contributed by atoms with Gasteiger partial charge in [0, 0.05) is 39.3 Å². The van der Waals surface area contributed by atoms with E-state index in [1.807, 2.05) is 4.90 Å². The summed E-state index contributed by atoms with van der Waals surface area (Å²) in [5, 5.41) is 13.2. The summed E-state index contributed by atoms with van der Waals surface area (Å²) < 4.78 is 64.1. The molecule has 4 aromatic rings. The Morgan fingerprint density at radius 3 is 2.56 bits per heavy atom. The predicted octanol–water partition coefficient (Wildman–Crippen LogP) is 2.09. The molecule has 2 aliphatic rings. The average molecular weight is 610 g/mol. The number of halogens is 2. The van der Waals surface area contributed by atoms with Crippen LogP contribution in [-0.2, 0) is 10.2 Å². The van der Waals surface area contributed by atoms with E-state index in [2.05, 4.69) is 25.0 Å². The van der Waals surface area contributed by atoms with E-state index in [0.29, 0.717) is 17.2 Å². The highest BCUT2D eigenvalue weighted by atomic mass is 32.2. The number of rotatable bonds is 7. The molecule has 0 amide bonds. The normalized spacial score (nSPS) is 17.6. The maximum atomic E-state index is 14.9. The number of hydrogen-bond donors (Lipinski definition) is 2. The first kappa shape index (κ1) is 28.4. The van der Waals surface area contributed by atoms with E-state index >= 15 is 0 Å². The number of ether oxygens (including phenoxy) is 1. The van der Waals surface area contributed by atoms with E-state index in [-0.39, 0.29) is 36.3 Å². The van der Waals surface area contributed by atoms with E-state index in [0.717, 1.165) is 42.6 Å². The van der Waals surface area contributed by atoms with Gasteiger partial charge < -0.3 is 15.0 Å². The molecule has 0 unspecified atom stereocenters. The fraction of sp³-hybridized carbons (Fsp3) is 0.296. The van der Waals surface area contributed by atoms with Crippen LogP contribution >= 0.6 is 0 Å². The Morgan fingerprint density at radius 2 is 1.86 bits per heavy atom. The van der Waals surface area contributed by atoms with Gasteiger partial charge in [-0.25, -0.2) is 23.7 Å². The van der Waals surface area contributed by atoms with Crippen LogP contribution in [0.15, 0.2) is 53.8 Å². The lowest BCUT2D eigenvalue weighted by molar-refractivity contribution is 0.343. The van der Waals surface area contributed by atoms with Gasteiger partial charge in [0.15, 0.2) is 11.6 Å². The third-order valence-corrected chi connectivity index (χ3v) is 8.64. The van der Waals surface area contributed by atoms with Crippen molar-refractivity contribution in [1.29, 1.82) is 5.26 Å². The van der Waals surface area contributed by atoms with Crippen LogP contribution < -0.4 is 25.2 Å². The summed E-state index contributed by atoms with van der Waals surface area (Å²) in [5.41, 5.74) is -0.403. The zero-order chi connectivity index (χ0) is 30.1. The SMILES string of the molecule is N#Cc1c(NS(=O)(=O)N2CC[C@@H](F)C2)ccc(F)c1Oc1ccc2ncn(-c3cnc(N4CCNCC4)nc3)c(=O)c2c1. The number of aromatic nitrogens is 4. The number of alkyl halides is 1. The molecule has 2 fully saturated rings. The molecule has 0 aliphatic carbocycles. The maximum absolute atomic E-state index is 14.9. The highest BCUT2D eigenvalue weighted by Gasteiger charge is 2.32. The number of nitrogens with zero attached hydrogens (tertiary/aromatic N) is 7. The molecule has 0 saturated carbocycles. The Kier molecular flexibility index (Phi) is 7.61. The maximum Gasteiger partial charge on any atom is 0.301 e. The minimum atomic E-state index is -4.21. The Bertz CT molecular complexity index is 1890. The van der Waals surface area contributed by atoms with Crippen molar-refractivity contribution < 1.29 is 21.9 Å². The van der Waals surface area contributed by atoms with Gasteiger partial charge >= 0.3 is 10.2 Å². The first-order chi connectivity index (χ1) is 20.7. The summed E-state index contributed by atoms with van der Waals surface area (Å²) >= 11 is 0. The Morgan fingerprint density at radius 1 is 1.09 bits per heavy atom. The molecule has 16 heteroatoms. The van der Waals surface area contributed by atoms with Crippen LogP contribution in [0.1, 0.15) is 12.0 Å². The molecule has 13 nitrogen and oxygen atoms in total. The van der Waals surface area contributed by atoms with Gasteiger partial charge in [0.2, 0.25) is 5.95 Å². The van der Waals surface area contributed by atoms with E-state index < -0.39 is 39.1 Å². The van der Waals surface area contributed by atoms with Crippen molar-refractivity contribution in [3.63, 3.8) is 0 Å². The molecule has 4 heterocycles. The number of anilines is 2. The largest absolute Gasteiger partial charge is 0.453 e. The van der Waals surface area contributed by atoms with Gasteiger partial charge in [0.25, 0.3) is 5.56 Å². The van der Waals surface area contributed by atoms with Crippen LogP contribution in [0, 0.1) is 17.1 Å². The standard InChI is InChI=1S/C27H25F2N9O4S/c28-17-5-8-37(15-17)43(40,41)35-24-4-2-22(29)25(21(24)12-30)42-19-1-3-23-20(11-19)26(39)38(16-34-23)18-13-32-27(33-14-18)36-9-6-31-7-10-36/h1-4,11,13-14,16-17,31,35H,5-10,15H2/t17-/m1/s1. The molecule has 2 aromatic heterocycles. The van der Waals surface area contributed by atoms with E-state index in [9.17, 15) is 27.3 Å². The van der Waals surface area contributed by atoms with Gasteiger partial charge in [-0.1, -0.05) is 0 Å². The average Bonchev–Trinajstić information content (AvgIpc) is 3.47. The minimum Gasteiger partial charge on any atom is -0.453 e. The van der Waals surface area contributed by atoms with Crippen molar-refractivity contribution in [1.82, 2.24) is 29.1 Å². The van der Waals surface area contributed by atoms with Crippen molar-refractivity contribution in [3.8, 4) is 23.3 Å². The predicted molar refractivity (Wildman–Crippen MR) is 153 cm³/mol. The molecular formula is C27H25F2N9O4S. The van der Waals surface area contributed by atoms with Crippen molar-refractivity contribution in [2.75, 3.05) is 48.9 Å². The zero-order valence-corrected chi connectivity index (χ0v) is 23.4. The quantitative estimate of drug-likeness (QED) is 0.318. The second-order valence-corrected chi connectivity index (χ2v) is 11.6. The topological polar surface area (TPSA) is 158 Å². The molecule has 0 bridgehead atoms. The number of nitriles is 1. The first-order valence-electron chi connectivity index (χ1n) is 13.4. The summed E-state index contributed by atoms with van der Waals surface area (Å²) in [6.07, 6.45) is 3.16. The lowest BCUT2D eigenvalue weighted by atomic mass is 10.1. The van der Waals surface area contributed by atoms with Crippen molar-refractivity contribution in [2.24, 2.45) is 0 Å². The van der Waals surface area contributed by atoms with Crippen molar-refractivity contribution in [2.45, 2.75) is 12.6 Å². The smallest absolute Gasteiger partial charge is 0.301 e. The van der Waals surface area contributed by atoms with Gasteiger partial charge in [-0.3, -0.25) is 14.1 Å². The fourth-order valence-corrected chi connectivity index (χ4v) is 6.18. The Hall–Kier alpha value is -4.72. The van der Waals surface area contributed by atoms with E-state index in [1.54, 1.807) is 6.07 Å². The second kappa shape index (κ2) is 11.5. The molecule has 2 N–H and O–H groups in total. The number of hydrogen-bond acceptors (Lipinski definition) is 10. The second-order valence-electron chi connectivity index (χ2n) is 9.94. The molecule has 6 rings (SSSR count). The molecule has 222 valence electrons. The molecule has 2 saturated heterocycles. The van der Waals surface area contributed by atoms with Crippen LogP contribution in [-0.4, -0.2) is 77.7 Å². The van der Waals surface area contributed by atoms with Gasteiger partial charge in [0.1, 0.15) is 29.9 Å². The lowest BCUT2D eigenvalue weighted by Gasteiger charge is -2.27. The minimum absolute atomic E-state index is 0.00433. The van der Waals surface area contributed by atoms with Crippen LogP contribution in [0.25, 0.3) is 16.6 Å². The number of nitrogens with one attached hydrogen (secondary N) is 2. The first-order valence-corrected chi connectivity index (χ1v) is 14.8. The number of benzene rings is 2. The summed E-state index contributed by atoms with van der Waals surface area (Å²) in [6.45, 7) is 2.82. The van der Waals surface area contributed by atoms with Gasteiger partial charge in [-0.2, -0.15) is 18.0 Å². The van der Waals surface area contributed by atoms with E-state index in [1.165, 1.54) is 41.5 Å². The van der Waals surface area contributed by atoms with Crippen molar-refractivity contribution >= 4 is 32.7 Å². The molecule has 2 aromatic carbocycles. The summed E-state index contributed by atoms with van der Waals surface area (Å²) in [7, 11) is -4.21.